The van der Waals surface area contributed by atoms with Crippen LogP contribution in [0.5, 0.6) is 0 Å². The van der Waals surface area contributed by atoms with E-state index >= 15 is 0 Å². The summed E-state index contributed by atoms with van der Waals surface area (Å²) < 4.78 is 1.73. The number of nitrogens with one attached hydrogen (secondary N) is 1. The molecule has 0 spiro atoms. The van der Waals surface area contributed by atoms with Gasteiger partial charge in [-0.15, -0.1) is 11.3 Å². The number of hydrogen-bond donors (Lipinski definition) is 1. The fraction of sp³-hybridized carbons (Fsp3) is 0.0833. The van der Waals surface area contributed by atoms with Crippen LogP contribution in [0.4, 0.5) is 5.69 Å². The van der Waals surface area contributed by atoms with E-state index in [1.807, 2.05) is 12.1 Å². The maximum atomic E-state index is 12.5. The number of pyridine rings is 1. The molecule has 5 nitrogen and oxygen atoms in total. The van der Waals surface area contributed by atoms with E-state index in [-0.39, 0.29) is 5.91 Å². The first-order valence-electron chi connectivity index (χ1n) is 5.48. The van der Waals surface area contributed by atoms with Crippen molar-refractivity contribution in [2.45, 2.75) is 0 Å². The third-order valence-electron chi connectivity index (χ3n) is 2.76. The molecule has 3 rings (SSSR count). The molecule has 0 saturated carbocycles. The fourth-order valence-electron chi connectivity index (χ4n) is 1.73. The molecule has 0 radical (unpaired) electrons. The number of carbonyl (C=O) groups excluding carboxylic acids is 1. The number of H-pyrrole nitrogens is 1. The highest BCUT2D eigenvalue weighted by Gasteiger charge is 2.21. The van der Waals surface area contributed by atoms with E-state index < -0.39 is 0 Å². The van der Waals surface area contributed by atoms with Crippen LogP contribution in [-0.2, 0) is 0 Å². The number of anilines is 1. The van der Waals surface area contributed by atoms with Gasteiger partial charge in [-0.25, -0.2) is 0 Å². The summed E-state index contributed by atoms with van der Waals surface area (Å²) >= 11 is 4.89. The van der Waals surface area contributed by atoms with Crippen LogP contribution in [0.25, 0.3) is 10.2 Å². The van der Waals surface area contributed by atoms with Crippen LogP contribution in [0.15, 0.2) is 35.2 Å². The summed E-state index contributed by atoms with van der Waals surface area (Å²) in [6.07, 6.45) is 5.00. The lowest BCUT2D eigenvalue weighted by atomic mass is 10.3. The van der Waals surface area contributed by atoms with E-state index in [1.165, 1.54) is 11.3 Å². The van der Waals surface area contributed by atoms with Crippen molar-refractivity contribution in [3.05, 3.63) is 40.1 Å². The Morgan fingerprint density at radius 3 is 3.05 bits per heavy atom. The number of aromatic amines is 1. The number of thiophene rings is 1. The Morgan fingerprint density at radius 2 is 2.37 bits per heavy atom. The molecule has 3 aromatic rings. The average Bonchev–Trinajstić information content (AvgIpc) is 3.06. The minimum absolute atomic E-state index is 0.0868. The highest BCUT2D eigenvalue weighted by molar-refractivity contribution is 9.10. The van der Waals surface area contributed by atoms with Gasteiger partial charge in [0.25, 0.3) is 5.91 Å². The molecular weight excluding hydrogens is 328 g/mol. The van der Waals surface area contributed by atoms with Gasteiger partial charge in [0.1, 0.15) is 4.88 Å². The standard InChI is InChI=1S/C12H9BrN4OS/c1-17(7-5-15-16-6-7)12(18)11-9(13)10-8(19-11)3-2-4-14-10/h2-6H,1H3,(H,15,16). The summed E-state index contributed by atoms with van der Waals surface area (Å²) in [6.45, 7) is 0. The van der Waals surface area contributed by atoms with Crippen LogP contribution < -0.4 is 4.90 Å². The van der Waals surface area contributed by atoms with E-state index in [0.29, 0.717) is 4.88 Å². The molecule has 0 aromatic carbocycles. The molecule has 3 aromatic heterocycles. The molecule has 96 valence electrons. The number of nitrogens with zero attached hydrogens (tertiary/aromatic N) is 3. The molecule has 0 bridgehead atoms. The summed E-state index contributed by atoms with van der Waals surface area (Å²) in [5.41, 5.74) is 1.54. The molecule has 0 aliphatic rings. The normalized spacial score (nSPS) is 10.8. The molecule has 0 atom stereocenters. The zero-order valence-corrected chi connectivity index (χ0v) is 12.3. The Balaban J connectivity index is 2.04. The summed E-state index contributed by atoms with van der Waals surface area (Å²) in [4.78, 5) is 18.9. The number of amides is 1. The predicted octanol–water partition coefficient (Wildman–Crippen LogP) is 3.06. The maximum Gasteiger partial charge on any atom is 0.269 e. The molecule has 0 aliphatic heterocycles. The Bertz CT molecular complexity index is 737. The Labute approximate surface area is 121 Å². The van der Waals surface area contributed by atoms with Gasteiger partial charge in [0.05, 0.1) is 26.6 Å². The largest absolute Gasteiger partial charge is 0.308 e. The van der Waals surface area contributed by atoms with Gasteiger partial charge in [0.2, 0.25) is 0 Å². The molecule has 1 N–H and O–H groups in total. The Hall–Kier alpha value is -1.73. The predicted molar refractivity (Wildman–Crippen MR) is 78.6 cm³/mol. The zero-order valence-electron chi connectivity index (χ0n) is 9.92. The second-order valence-electron chi connectivity index (χ2n) is 3.92. The third-order valence-corrected chi connectivity index (χ3v) is 4.93. The van der Waals surface area contributed by atoms with Crippen molar-refractivity contribution in [3.63, 3.8) is 0 Å². The van der Waals surface area contributed by atoms with Gasteiger partial charge in [-0.1, -0.05) is 0 Å². The lowest BCUT2D eigenvalue weighted by molar-refractivity contribution is 0.0996. The number of halogens is 1. The second-order valence-corrected chi connectivity index (χ2v) is 5.76. The first kappa shape index (κ1) is 12.3. The summed E-state index contributed by atoms with van der Waals surface area (Å²) in [5.74, 6) is -0.0868. The maximum absolute atomic E-state index is 12.5. The minimum Gasteiger partial charge on any atom is -0.308 e. The second kappa shape index (κ2) is 4.75. The SMILES string of the molecule is CN(C(=O)c1sc2cccnc2c1Br)c1cn[nH]c1. The van der Waals surface area contributed by atoms with Gasteiger partial charge < -0.3 is 4.90 Å². The number of rotatable bonds is 2. The fourth-order valence-corrected chi connectivity index (χ4v) is 3.62. The van der Waals surface area contributed by atoms with Gasteiger partial charge in [0, 0.05) is 19.4 Å². The van der Waals surface area contributed by atoms with Crippen molar-refractivity contribution in [1.29, 1.82) is 0 Å². The smallest absolute Gasteiger partial charge is 0.269 e. The zero-order chi connectivity index (χ0) is 13.4. The molecule has 0 fully saturated rings. The first-order chi connectivity index (χ1) is 9.18. The van der Waals surface area contributed by atoms with Crippen molar-refractivity contribution in [2.75, 3.05) is 11.9 Å². The quantitative estimate of drug-likeness (QED) is 0.782. The van der Waals surface area contributed by atoms with Crippen LogP contribution >= 0.6 is 27.3 Å². The molecule has 3 heterocycles. The number of aromatic nitrogens is 3. The summed E-state index contributed by atoms with van der Waals surface area (Å²) in [7, 11) is 1.72. The third kappa shape index (κ3) is 2.04. The first-order valence-corrected chi connectivity index (χ1v) is 7.09. The molecule has 1 amide bonds. The molecule has 19 heavy (non-hydrogen) atoms. The van der Waals surface area contributed by atoms with Gasteiger partial charge in [-0.05, 0) is 28.1 Å². The van der Waals surface area contributed by atoms with Crippen LogP contribution in [0, 0.1) is 0 Å². The van der Waals surface area contributed by atoms with Gasteiger partial charge in [-0.3, -0.25) is 14.9 Å². The molecule has 0 saturated heterocycles. The Kier molecular flexibility index (Phi) is 3.08. The monoisotopic (exact) mass is 336 g/mol. The Morgan fingerprint density at radius 1 is 1.53 bits per heavy atom. The summed E-state index contributed by atoms with van der Waals surface area (Å²) in [5, 5.41) is 6.54. The lowest BCUT2D eigenvalue weighted by Crippen LogP contribution is -2.25. The van der Waals surface area contributed by atoms with E-state index in [1.54, 1.807) is 30.5 Å². The van der Waals surface area contributed by atoms with Crippen LogP contribution in [-0.4, -0.2) is 28.1 Å². The van der Waals surface area contributed by atoms with Gasteiger partial charge in [-0.2, -0.15) is 5.10 Å². The van der Waals surface area contributed by atoms with Crippen LogP contribution in [0.3, 0.4) is 0 Å². The van der Waals surface area contributed by atoms with Crippen molar-refractivity contribution in [2.24, 2.45) is 0 Å². The van der Waals surface area contributed by atoms with Crippen molar-refractivity contribution in [1.82, 2.24) is 15.2 Å². The molecule has 7 heteroatoms. The summed E-state index contributed by atoms with van der Waals surface area (Å²) in [6, 6.07) is 3.81. The van der Waals surface area contributed by atoms with Gasteiger partial charge >= 0.3 is 0 Å². The topological polar surface area (TPSA) is 61.9 Å². The van der Waals surface area contributed by atoms with Crippen LogP contribution in [0.1, 0.15) is 9.67 Å². The highest BCUT2D eigenvalue weighted by Crippen LogP contribution is 2.35. The lowest BCUT2D eigenvalue weighted by Gasteiger charge is -2.13. The van der Waals surface area contributed by atoms with E-state index in [4.69, 9.17) is 0 Å². The van der Waals surface area contributed by atoms with E-state index in [0.717, 1.165) is 20.4 Å². The van der Waals surface area contributed by atoms with E-state index in [9.17, 15) is 4.79 Å². The number of fused-ring (bicyclic) bond motifs is 1. The van der Waals surface area contributed by atoms with Crippen molar-refractivity contribution in [3.8, 4) is 0 Å². The molecular formula is C12H9BrN4OS. The average molecular weight is 337 g/mol. The highest BCUT2D eigenvalue weighted by atomic mass is 79.9. The molecule has 0 aliphatic carbocycles. The van der Waals surface area contributed by atoms with E-state index in [2.05, 4.69) is 31.1 Å². The van der Waals surface area contributed by atoms with Crippen LogP contribution in [0.2, 0.25) is 0 Å². The molecule has 0 unspecified atom stereocenters. The van der Waals surface area contributed by atoms with Gasteiger partial charge in [0.15, 0.2) is 0 Å². The van der Waals surface area contributed by atoms with Crippen molar-refractivity contribution < 1.29 is 4.79 Å². The minimum atomic E-state index is -0.0868. The number of hydrogen-bond acceptors (Lipinski definition) is 4. The number of carbonyl (C=O) groups is 1. The van der Waals surface area contributed by atoms with Crippen molar-refractivity contribution >= 4 is 49.1 Å².